The molecule has 2 aliphatic rings. The lowest BCUT2D eigenvalue weighted by Crippen LogP contribution is -2.71. The van der Waals surface area contributed by atoms with Gasteiger partial charge in [0.1, 0.15) is 46.6 Å². The fourth-order valence-corrected chi connectivity index (χ4v) is 6.28. The van der Waals surface area contributed by atoms with Crippen LogP contribution in [0.1, 0.15) is 11.3 Å². The second-order valence-corrected chi connectivity index (χ2v) is 10.7. The van der Waals surface area contributed by atoms with E-state index in [1.54, 1.807) is 31.4 Å². The number of carbonyl (C=O) groups is 3. The van der Waals surface area contributed by atoms with E-state index in [0.717, 1.165) is 16.9 Å². The molecular weight excluding hydrogens is 565 g/mol. The number of alkyl halides is 1. The number of thiazole rings is 1. The monoisotopic (exact) mass is 585 g/mol. The predicted octanol–water partition coefficient (Wildman–Crippen LogP) is 2.37. The van der Waals surface area contributed by atoms with Crippen LogP contribution < -0.4 is 15.8 Å². The van der Waals surface area contributed by atoms with Crippen molar-refractivity contribution in [3.63, 3.8) is 0 Å². The van der Waals surface area contributed by atoms with Crippen LogP contribution in [0, 0.1) is 0 Å². The zero-order chi connectivity index (χ0) is 26.7. The number of esters is 1. The highest BCUT2D eigenvalue weighted by molar-refractivity contribution is 8.00. The van der Waals surface area contributed by atoms with Gasteiger partial charge in [-0.3, -0.25) is 14.5 Å². The van der Waals surface area contributed by atoms with Crippen LogP contribution in [-0.2, 0) is 30.6 Å². The molecule has 0 bridgehead atoms. The Bertz CT molecular complexity index is 1280. The molecule has 3 heterocycles. The van der Waals surface area contributed by atoms with Crippen LogP contribution in [0.3, 0.4) is 0 Å². The Hall–Kier alpha value is -3.00. The largest absolute Gasteiger partial charge is 0.497 e. The van der Waals surface area contributed by atoms with Crippen LogP contribution in [-0.4, -0.2) is 70.6 Å². The lowest BCUT2D eigenvalue weighted by molar-refractivity contribution is -0.153. The number of hydrogen-bond donors (Lipinski definition) is 2. The Morgan fingerprint density at radius 1 is 1.30 bits per heavy atom. The smallest absolute Gasteiger partial charge is 0.355 e. The Morgan fingerprint density at radius 2 is 2.03 bits per heavy atom. The summed E-state index contributed by atoms with van der Waals surface area (Å²) in [7, 11) is 2.81. The first-order valence-corrected chi connectivity index (χ1v) is 13.4. The number of aromatic nitrogens is 1. The van der Waals surface area contributed by atoms with Gasteiger partial charge in [0.15, 0.2) is 10.8 Å². The third-order valence-electron chi connectivity index (χ3n) is 5.44. The number of fused-ring (bicyclic) bond motifs is 1. The minimum Gasteiger partial charge on any atom is -0.497 e. The van der Waals surface area contributed by atoms with E-state index in [9.17, 15) is 14.4 Å². The van der Waals surface area contributed by atoms with Crippen LogP contribution in [0.5, 0.6) is 5.75 Å². The number of nitrogens with zero attached hydrogens (tertiary/aromatic N) is 3. The molecule has 15 heteroatoms. The van der Waals surface area contributed by atoms with Crippen LogP contribution >= 0.6 is 46.3 Å². The highest BCUT2D eigenvalue weighted by Crippen LogP contribution is 2.41. The zero-order valence-electron chi connectivity index (χ0n) is 19.5. The third-order valence-corrected chi connectivity index (χ3v) is 8.19. The molecule has 1 aromatic heterocycles. The number of nitrogens with one attached hydrogen (secondary N) is 1. The van der Waals surface area contributed by atoms with E-state index in [1.807, 2.05) is 0 Å². The van der Waals surface area contributed by atoms with Gasteiger partial charge < -0.3 is 25.4 Å². The molecule has 11 nitrogen and oxygen atoms in total. The van der Waals surface area contributed by atoms with E-state index in [1.165, 1.54) is 23.8 Å². The summed E-state index contributed by atoms with van der Waals surface area (Å²) in [6.45, 7) is -0.00370. The van der Waals surface area contributed by atoms with Crippen molar-refractivity contribution in [1.29, 1.82) is 0 Å². The van der Waals surface area contributed by atoms with Crippen molar-refractivity contribution in [2.45, 2.75) is 18.0 Å². The Balaban J connectivity index is 1.47. The summed E-state index contributed by atoms with van der Waals surface area (Å²) in [5.74, 6) is -0.810. The number of amides is 2. The molecule has 0 saturated carbocycles. The topological polar surface area (TPSA) is 145 Å². The Morgan fingerprint density at radius 3 is 2.62 bits per heavy atom. The summed E-state index contributed by atoms with van der Waals surface area (Å²) in [5.41, 5.74) is 6.87. The number of oxime groups is 1. The summed E-state index contributed by atoms with van der Waals surface area (Å²) in [4.78, 5) is 49.2. The first kappa shape index (κ1) is 27.0. The summed E-state index contributed by atoms with van der Waals surface area (Å²) < 4.78 is 10.8. The van der Waals surface area contributed by atoms with E-state index >= 15 is 0 Å². The number of hydrogen-bond acceptors (Lipinski definition) is 11. The molecule has 37 heavy (non-hydrogen) atoms. The second kappa shape index (κ2) is 11.6. The highest BCUT2D eigenvalue weighted by atomic mass is 35.5. The van der Waals surface area contributed by atoms with Gasteiger partial charge >= 0.3 is 5.97 Å². The fraction of sp³-hybridized carbons (Fsp3) is 0.318. The predicted molar refractivity (Wildman–Crippen MR) is 141 cm³/mol. The molecule has 1 fully saturated rings. The molecule has 2 atom stereocenters. The van der Waals surface area contributed by atoms with Crippen LogP contribution in [0.2, 0.25) is 4.34 Å². The van der Waals surface area contributed by atoms with E-state index in [4.69, 9.17) is 43.2 Å². The maximum absolute atomic E-state index is 13.1. The molecule has 0 radical (unpaired) electrons. The lowest BCUT2D eigenvalue weighted by atomic mass is 10.0. The van der Waals surface area contributed by atoms with Gasteiger partial charge in [0.05, 0.1) is 7.11 Å². The quantitative estimate of drug-likeness (QED) is 0.149. The number of ether oxygens (including phenoxy) is 2. The average molecular weight is 586 g/mol. The van der Waals surface area contributed by atoms with E-state index in [0.29, 0.717) is 17.1 Å². The van der Waals surface area contributed by atoms with E-state index in [2.05, 4.69) is 15.5 Å². The Labute approximate surface area is 229 Å². The lowest BCUT2D eigenvalue weighted by Gasteiger charge is -2.49. The SMILES string of the molecule is CO/N=C(\C(=O)N[C@@H]1C(=O)N2C(C(=O)OCc3ccc(OC)cc3)=C(CCl)CS[C@H]12)c1nc(N)sc1Cl. The molecule has 1 saturated heterocycles. The molecule has 2 aliphatic heterocycles. The number of benzene rings is 1. The minimum atomic E-state index is -0.935. The van der Waals surface area contributed by atoms with Crippen molar-refractivity contribution in [3.8, 4) is 5.75 Å². The Kier molecular flexibility index (Phi) is 8.47. The first-order chi connectivity index (χ1) is 17.8. The summed E-state index contributed by atoms with van der Waals surface area (Å²) in [6, 6.07) is 6.10. The number of carbonyl (C=O) groups excluding carboxylic acids is 3. The molecule has 4 rings (SSSR count). The molecule has 3 N–H and O–H groups in total. The van der Waals surface area contributed by atoms with Gasteiger partial charge in [-0.05, 0) is 23.3 Å². The molecular formula is C22H21Cl2N5O6S2. The minimum absolute atomic E-state index is 0.00370. The number of methoxy groups -OCH3 is 1. The van der Waals surface area contributed by atoms with Gasteiger partial charge in [-0.25, -0.2) is 9.78 Å². The molecule has 2 aromatic rings. The molecule has 0 spiro atoms. The molecule has 1 aromatic carbocycles. The molecule has 0 unspecified atom stereocenters. The second-order valence-electron chi connectivity index (χ2n) is 7.67. The highest BCUT2D eigenvalue weighted by Gasteiger charge is 2.54. The van der Waals surface area contributed by atoms with Gasteiger partial charge in [0, 0.05) is 11.6 Å². The first-order valence-electron chi connectivity index (χ1n) is 10.7. The van der Waals surface area contributed by atoms with Crippen LogP contribution in [0.15, 0.2) is 40.7 Å². The van der Waals surface area contributed by atoms with E-state index in [-0.39, 0.29) is 39.1 Å². The van der Waals surface area contributed by atoms with Crippen molar-refractivity contribution in [3.05, 3.63) is 51.1 Å². The third kappa shape index (κ3) is 5.49. The summed E-state index contributed by atoms with van der Waals surface area (Å²) in [6.07, 6.45) is 0. The maximum atomic E-state index is 13.1. The number of thioether (sulfide) groups is 1. The van der Waals surface area contributed by atoms with Crippen molar-refractivity contribution >= 4 is 74.9 Å². The number of anilines is 1. The summed E-state index contributed by atoms with van der Waals surface area (Å²) in [5, 5.41) is 5.93. The van der Waals surface area contributed by atoms with Gasteiger partial charge in [-0.15, -0.1) is 23.4 Å². The van der Waals surface area contributed by atoms with Crippen LogP contribution in [0.4, 0.5) is 5.13 Å². The van der Waals surface area contributed by atoms with Crippen molar-refractivity contribution in [1.82, 2.24) is 15.2 Å². The van der Waals surface area contributed by atoms with Gasteiger partial charge in [-0.1, -0.05) is 40.2 Å². The molecule has 196 valence electrons. The normalized spacial score (nSPS) is 19.2. The maximum Gasteiger partial charge on any atom is 0.355 e. The zero-order valence-corrected chi connectivity index (χ0v) is 22.7. The van der Waals surface area contributed by atoms with Gasteiger partial charge in [-0.2, -0.15) is 0 Å². The van der Waals surface area contributed by atoms with Crippen molar-refractivity contribution in [2.24, 2.45) is 5.16 Å². The molecule has 2 amide bonds. The number of rotatable bonds is 9. The number of nitrogen functional groups attached to an aromatic ring is 1. The molecule has 0 aliphatic carbocycles. The standard InChI is InChI=1S/C22H21Cl2N5O6S2/c1-33-12-5-3-10(4-6-12)8-35-21(32)16-11(7-23)9-36-20-15(19(31)29(16)20)26-18(30)14(28-34-2)13-17(24)37-22(25)27-13/h3-6,15,20H,7-9H2,1-2H3,(H2,25,27)(H,26,30)/b28-14-/t15-,20-/m1/s1. The van der Waals surface area contributed by atoms with Gasteiger partial charge in [0.25, 0.3) is 11.8 Å². The van der Waals surface area contributed by atoms with Crippen LogP contribution in [0.25, 0.3) is 0 Å². The van der Waals surface area contributed by atoms with Crippen molar-refractivity contribution < 1.29 is 28.7 Å². The van der Waals surface area contributed by atoms with E-state index < -0.39 is 29.2 Å². The fourth-order valence-electron chi connectivity index (χ4n) is 3.67. The number of nitrogens with two attached hydrogens (primary N) is 1. The summed E-state index contributed by atoms with van der Waals surface area (Å²) >= 11 is 14.5. The van der Waals surface area contributed by atoms with Crippen molar-refractivity contribution in [2.75, 3.05) is 31.6 Å². The number of β-lactam (4-membered cyclic amide) rings is 1. The number of halogens is 2. The average Bonchev–Trinajstić information content (AvgIpc) is 3.24. The van der Waals surface area contributed by atoms with Gasteiger partial charge in [0.2, 0.25) is 0 Å².